The van der Waals surface area contributed by atoms with E-state index in [0.717, 1.165) is 29.3 Å². The Hall–Kier alpha value is -2.45. The smallest absolute Gasteiger partial charge is 0.273 e. The van der Waals surface area contributed by atoms with Crippen molar-refractivity contribution in [1.82, 2.24) is 20.9 Å². The van der Waals surface area contributed by atoms with Crippen molar-refractivity contribution in [2.75, 3.05) is 13.1 Å². The lowest BCUT2D eigenvalue weighted by Crippen LogP contribution is -2.27. The summed E-state index contributed by atoms with van der Waals surface area (Å²) >= 11 is 1.54. The Bertz CT molecular complexity index is 779. The fraction of sp³-hybridized carbons (Fsp3) is 0.312. The molecule has 3 aromatic heterocycles. The molecule has 126 valence electrons. The van der Waals surface area contributed by atoms with Crippen molar-refractivity contribution in [2.45, 2.75) is 19.9 Å². The number of hydrogen-bond donors (Lipinski definition) is 2. The van der Waals surface area contributed by atoms with Crippen molar-refractivity contribution in [2.24, 2.45) is 0 Å². The fourth-order valence-electron chi connectivity index (χ4n) is 2.13. The monoisotopic (exact) mass is 346 g/mol. The van der Waals surface area contributed by atoms with Gasteiger partial charge < -0.3 is 19.7 Å². The van der Waals surface area contributed by atoms with Gasteiger partial charge in [-0.2, -0.15) is 0 Å². The van der Waals surface area contributed by atoms with Crippen LogP contribution in [0.15, 0.2) is 38.7 Å². The fourth-order valence-corrected chi connectivity index (χ4v) is 2.81. The Labute approximate surface area is 143 Å². The molecule has 2 N–H and O–H groups in total. The lowest BCUT2D eigenvalue weighted by atomic mass is 10.3. The molecular formula is C16H18N4O3S. The van der Waals surface area contributed by atoms with Crippen LogP contribution in [-0.2, 0) is 6.54 Å². The molecule has 8 heteroatoms. The van der Waals surface area contributed by atoms with Gasteiger partial charge in [0.05, 0.1) is 17.1 Å². The minimum Gasteiger partial charge on any atom is -0.360 e. The first-order chi connectivity index (χ1) is 11.7. The lowest BCUT2D eigenvalue weighted by Gasteiger charge is -2.03. The Morgan fingerprint density at radius 2 is 2.17 bits per heavy atom. The number of nitrogens with one attached hydrogen (secondary N) is 2. The van der Waals surface area contributed by atoms with Crippen LogP contribution in [0.3, 0.4) is 0 Å². The first-order valence-corrected chi connectivity index (χ1v) is 8.52. The summed E-state index contributed by atoms with van der Waals surface area (Å²) in [5, 5.41) is 15.6. The van der Waals surface area contributed by atoms with Crippen molar-refractivity contribution in [3.63, 3.8) is 0 Å². The molecule has 0 aliphatic heterocycles. The van der Waals surface area contributed by atoms with Gasteiger partial charge in [-0.3, -0.25) is 4.79 Å². The van der Waals surface area contributed by atoms with Crippen LogP contribution in [0.4, 0.5) is 0 Å². The molecular weight excluding hydrogens is 328 g/mol. The molecule has 0 bridgehead atoms. The maximum atomic E-state index is 12.0. The number of aromatic nitrogens is 2. The highest BCUT2D eigenvalue weighted by Crippen LogP contribution is 2.24. The van der Waals surface area contributed by atoms with Gasteiger partial charge in [0.25, 0.3) is 5.91 Å². The molecule has 0 unspecified atom stereocenters. The molecule has 0 aliphatic carbocycles. The number of carbonyl (C=O) groups excluding carboxylic acids is 1. The third-order valence-electron chi connectivity index (χ3n) is 3.30. The number of carbonyl (C=O) groups is 1. The standard InChI is InChI=1S/C16H18N4O3S/c1-11-8-12(22-19-11)10-17-5-3-6-18-16(21)13-9-14(23-20-13)15-4-2-7-24-15/h2,4,7-9,17H,3,5-6,10H2,1H3,(H,18,21). The third kappa shape index (κ3) is 4.30. The van der Waals surface area contributed by atoms with Crippen LogP contribution < -0.4 is 10.6 Å². The molecule has 7 nitrogen and oxygen atoms in total. The number of hydrogen-bond acceptors (Lipinski definition) is 7. The Kier molecular flexibility index (Phi) is 5.39. The van der Waals surface area contributed by atoms with E-state index in [1.165, 1.54) is 0 Å². The largest absolute Gasteiger partial charge is 0.360 e. The predicted octanol–water partition coefficient (Wildman–Crippen LogP) is 2.61. The van der Waals surface area contributed by atoms with Crippen molar-refractivity contribution in [1.29, 1.82) is 0 Å². The Morgan fingerprint density at radius 1 is 1.25 bits per heavy atom. The number of rotatable bonds is 8. The van der Waals surface area contributed by atoms with E-state index in [4.69, 9.17) is 9.05 Å². The maximum Gasteiger partial charge on any atom is 0.273 e. The Balaban J connectivity index is 1.35. The summed E-state index contributed by atoms with van der Waals surface area (Å²) in [6.07, 6.45) is 0.800. The molecule has 24 heavy (non-hydrogen) atoms. The van der Waals surface area contributed by atoms with E-state index < -0.39 is 0 Å². The van der Waals surface area contributed by atoms with Crippen LogP contribution in [0.1, 0.15) is 28.4 Å². The minimum absolute atomic E-state index is 0.229. The van der Waals surface area contributed by atoms with Crippen LogP contribution in [-0.4, -0.2) is 29.3 Å². The SMILES string of the molecule is Cc1cc(CNCCCNC(=O)c2cc(-c3cccs3)on2)on1. The zero-order valence-electron chi connectivity index (χ0n) is 13.2. The van der Waals surface area contributed by atoms with Crippen molar-refractivity contribution >= 4 is 17.2 Å². The van der Waals surface area contributed by atoms with Gasteiger partial charge in [0.1, 0.15) is 0 Å². The molecule has 0 spiro atoms. The number of amides is 1. The van der Waals surface area contributed by atoms with Gasteiger partial charge in [-0.15, -0.1) is 11.3 Å². The molecule has 0 saturated heterocycles. The highest BCUT2D eigenvalue weighted by Gasteiger charge is 2.13. The molecule has 0 fully saturated rings. The zero-order chi connectivity index (χ0) is 16.8. The van der Waals surface area contributed by atoms with Crippen molar-refractivity contribution in [3.05, 3.63) is 46.8 Å². The summed E-state index contributed by atoms with van der Waals surface area (Å²) in [4.78, 5) is 13.0. The van der Waals surface area contributed by atoms with Crippen LogP contribution in [0, 0.1) is 6.92 Å². The van der Waals surface area contributed by atoms with Gasteiger partial charge in [0, 0.05) is 18.7 Å². The van der Waals surface area contributed by atoms with Gasteiger partial charge in [0.15, 0.2) is 17.2 Å². The van der Waals surface area contributed by atoms with Gasteiger partial charge >= 0.3 is 0 Å². The van der Waals surface area contributed by atoms with Gasteiger partial charge in [0.2, 0.25) is 0 Å². The summed E-state index contributed by atoms with van der Waals surface area (Å²) in [6, 6.07) is 7.40. The zero-order valence-corrected chi connectivity index (χ0v) is 14.1. The summed E-state index contributed by atoms with van der Waals surface area (Å²) in [5.74, 6) is 1.19. The average molecular weight is 346 g/mol. The molecule has 1 amide bonds. The second-order valence-corrected chi connectivity index (χ2v) is 6.22. The highest BCUT2D eigenvalue weighted by molar-refractivity contribution is 7.13. The Morgan fingerprint density at radius 3 is 2.92 bits per heavy atom. The van der Waals surface area contributed by atoms with E-state index in [2.05, 4.69) is 20.9 Å². The quantitative estimate of drug-likeness (QED) is 0.609. The van der Waals surface area contributed by atoms with E-state index in [1.807, 2.05) is 30.5 Å². The van der Waals surface area contributed by atoms with Crippen LogP contribution >= 0.6 is 11.3 Å². The number of nitrogens with zero attached hydrogens (tertiary/aromatic N) is 2. The van der Waals surface area contributed by atoms with Crippen LogP contribution in [0.5, 0.6) is 0 Å². The second kappa shape index (κ2) is 7.89. The lowest BCUT2D eigenvalue weighted by molar-refractivity contribution is 0.0944. The second-order valence-electron chi connectivity index (χ2n) is 5.27. The maximum absolute atomic E-state index is 12.0. The summed E-state index contributed by atoms with van der Waals surface area (Å²) < 4.78 is 10.3. The van der Waals surface area contributed by atoms with Crippen LogP contribution in [0.25, 0.3) is 10.6 Å². The molecule has 3 heterocycles. The van der Waals surface area contributed by atoms with Gasteiger partial charge in [-0.1, -0.05) is 16.4 Å². The molecule has 0 radical (unpaired) electrons. The third-order valence-corrected chi connectivity index (χ3v) is 4.18. The molecule has 0 saturated carbocycles. The van der Waals surface area contributed by atoms with E-state index in [9.17, 15) is 4.79 Å². The number of aryl methyl sites for hydroxylation is 1. The molecule has 0 aromatic carbocycles. The first-order valence-electron chi connectivity index (χ1n) is 7.64. The number of thiophene rings is 1. The van der Waals surface area contributed by atoms with Crippen molar-refractivity contribution < 1.29 is 13.8 Å². The summed E-state index contributed by atoms with van der Waals surface area (Å²) in [5.41, 5.74) is 1.16. The molecule has 3 rings (SSSR count). The molecule has 0 aliphatic rings. The average Bonchev–Trinajstić information content (AvgIpc) is 3.30. The van der Waals surface area contributed by atoms with Gasteiger partial charge in [-0.05, 0) is 31.3 Å². The summed E-state index contributed by atoms with van der Waals surface area (Å²) in [7, 11) is 0. The van der Waals surface area contributed by atoms with Crippen LogP contribution in [0.2, 0.25) is 0 Å². The normalized spacial score (nSPS) is 10.9. The predicted molar refractivity (Wildman–Crippen MR) is 89.7 cm³/mol. The highest BCUT2D eigenvalue weighted by atomic mass is 32.1. The summed E-state index contributed by atoms with van der Waals surface area (Å²) in [6.45, 7) is 3.83. The molecule has 3 aromatic rings. The van der Waals surface area contributed by atoms with E-state index in [0.29, 0.717) is 24.5 Å². The van der Waals surface area contributed by atoms with E-state index in [1.54, 1.807) is 17.4 Å². The minimum atomic E-state index is -0.229. The topological polar surface area (TPSA) is 93.2 Å². The van der Waals surface area contributed by atoms with E-state index >= 15 is 0 Å². The first kappa shape index (κ1) is 16.4. The molecule has 0 atom stereocenters. The van der Waals surface area contributed by atoms with Gasteiger partial charge in [-0.25, -0.2) is 0 Å². The van der Waals surface area contributed by atoms with E-state index in [-0.39, 0.29) is 5.91 Å². The van der Waals surface area contributed by atoms with Crippen molar-refractivity contribution in [3.8, 4) is 10.6 Å².